The largest absolute Gasteiger partial charge is 0.354 e. The van der Waals surface area contributed by atoms with Crippen LogP contribution < -0.4 is 9.62 Å². The summed E-state index contributed by atoms with van der Waals surface area (Å²) in [6, 6.07) is 11.5. The van der Waals surface area contributed by atoms with Gasteiger partial charge >= 0.3 is 0 Å². The Kier molecular flexibility index (Phi) is 9.85. The molecule has 0 unspecified atom stereocenters. The van der Waals surface area contributed by atoms with Crippen molar-refractivity contribution in [3.8, 4) is 0 Å². The van der Waals surface area contributed by atoms with Gasteiger partial charge in [0.1, 0.15) is 18.4 Å². The van der Waals surface area contributed by atoms with Crippen molar-refractivity contribution in [3.63, 3.8) is 0 Å². The van der Waals surface area contributed by atoms with Crippen molar-refractivity contribution in [1.29, 1.82) is 0 Å². The monoisotopic (exact) mass is 541 g/mol. The fraction of sp³-hybridized carbons (Fsp3) is 0.391. The van der Waals surface area contributed by atoms with Gasteiger partial charge in [0, 0.05) is 17.6 Å². The van der Waals surface area contributed by atoms with Gasteiger partial charge in [0.2, 0.25) is 21.8 Å². The van der Waals surface area contributed by atoms with Crippen LogP contribution in [0.2, 0.25) is 0 Å². The van der Waals surface area contributed by atoms with Crippen LogP contribution in [0.15, 0.2) is 53.0 Å². The quantitative estimate of drug-likeness (QED) is 0.470. The SMILES string of the molecule is CCCNC(=O)[C@@H](CC)N(Cc1ccc(F)cc1)C(=O)CN(c1ccccc1Br)S(C)(=O)=O. The van der Waals surface area contributed by atoms with Crippen LogP contribution in [-0.4, -0.2) is 50.5 Å². The minimum atomic E-state index is -3.81. The number of nitrogens with zero attached hydrogens (tertiary/aromatic N) is 2. The van der Waals surface area contributed by atoms with Gasteiger partial charge in [0.05, 0.1) is 11.9 Å². The summed E-state index contributed by atoms with van der Waals surface area (Å²) >= 11 is 3.34. The molecule has 0 bridgehead atoms. The molecule has 2 aromatic carbocycles. The van der Waals surface area contributed by atoms with E-state index in [4.69, 9.17) is 0 Å². The summed E-state index contributed by atoms with van der Waals surface area (Å²) in [5.74, 6) is -1.28. The number of halogens is 2. The molecular weight excluding hydrogens is 513 g/mol. The van der Waals surface area contributed by atoms with E-state index in [1.54, 1.807) is 31.2 Å². The lowest BCUT2D eigenvalue weighted by Crippen LogP contribution is -2.52. The zero-order valence-electron chi connectivity index (χ0n) is 18.9. The number of para-hydroxylation sites is 1. The van der Waals surface area contributed by atoms with E-state index in [0.717, 1.165) is 17.0 Å². The number of amides is 2. The van der Waals surface area contributed by atoms with Gasteiger partial charge in [0.25, 0.3) is 0 Å². The van der Waals surface area contributed by atoms with E-state index >= 15 is 0 Å². The number of sulfonamides is 1. The van der Waals surface area contributed by atoms with Crippen LogP contribution in [0.25, 0.3) is 0 Å². The van der Waals surface area contributed by atoms with Gasteiger partial charge < -0.3 is 10.2 Å². The van der Waals surface area contributed by atoms with E-state index < -0.39 is 34.3 Å². The van der Waals surface area contributed by atoms with E-state index in [2.05, 4.69) is 21.2 Å². The van der Waals surface area contributed by atoms with Crippen LogP contribution in [0.5, 0.6) is 0 Å². The van der Waals surface area contributed by atoms with E-state index in [9.17, 15) is 22.4 Å². The topological polar surface area (TPSA) is 86.8 Å². The summed E-state index contributed by atoms with van der Waals surface area (Å²) in [6.45, 7) is 3.71. The van der Waals surface area contributed by atoms with Crippen molar-refractivity contribution < 1.29 is 22.4 Å². The summed E-state index contributed by atoms with van der Waals surface area (Å²) in [6.07, 6.45) is 2.09. The molecule has 0 aliphatic heterocycles. The Morgan fingerprint density at radius 2 is 1.73 bits per heavy atom. The maximum atomic E-state index is 13.5. The van der Waals surface area contributed by atoms with Gasteiger partial charge in [-0.3, -0.25) is 13.9 Å². The number of hydrogen-bond donors (Lipinski definition) is 1. The summed E-state index contributed by atoms with van der Waals surface area (Å²) in [4.78, 5) is 27.7. The minimum absolute atomic E-state index is 0.0325. The Hall–Kier alpha value is -2.46. The average Bonchev–Trinajstić information content (AvgIpc) is 2.77. The Labute approximate surface area is 203 Å². The first-order valence-electron chi connectivity index (χ1n) is 10.6. The molecule has 1 N–H and O–H groups in total. The highest BCUT2D eigenvalue weighted by Crippen LogP contribution is 2.28. The molecule has 0 aromatic heterocycles. The lowest BCUT2D eigenvalue weighted by atomic mass is 10.1. The maximum absolute atomic E-state index is 13.5. The van der Waals surface area contributed by atoms with Crippen LogP contribution in [0.3, 0.4) is 0 Å². The maximum Gasteiger partial charge on any atom is 0.244 e. The smallest absolute Gasteiger partial charge is 0.244 e. The summed E-state index contributed by atoms with van der Waals surface area (Å²) in [7, 11) is -3.81. The van der Waals surface area contributed by atoms with Crippen LogP contribution in [0.1, 0.15) is 32.3 Å². The second-order valence-electron chi connectivity index (χ2n) is 7.58. The van der Waals surface area contributed by atoms with Gasteiger partial charge in [-0.2, -0.15) is 0 Å². The van der Waals surface area contributed by atoms with Crippen LogP contribution in [0.4, 0.5) is 10.1 Å². The Bertz CT molecular complexity index is 1060. The number of carbonyl (C=O) groups is 2. The molecule has 7 nitrogen and oxygen atoms in total. The molecule has 33 heavy (non-hydrogen) atoms. The van der Waals surface area contributed by atoms with E-state index in [-0.39, 0.29) is 12.5 Å². The fourth-order valence-electron chi connectivity index (χ4n) is 3.32. The number of rotatable bonds is 11. The standard InChI is InChI=1S/C23H29BrFN3O4S/c1-4-14-26-23(30)20(5-2)27(15-17-10-12-18(25)13-11-17)22(29)16-28(33(3,31)32)21-9-7-6-8-19(21)24/h6-13,20H,4-5,14-16H2,1-3H3,(H,26,30)/t20-/m1/s1. The molecule has 0 aliphatic rings. The molecule has 1 atom stereocenters. The lowest BCUT2D eigenvalue weighted by Gasteiger charge is -2.33. The van der Waals surface area contributed by atoms with E-state index in [1.807, 2.05) is 6.92 Å². The molecule has 0 saturated carbocycles. The van der Waals surface area contributed by atoms with Crippen LogP contribution in [-0.2, 0) is 26.2 Å². The lowest BCUT2D eigenvalue weighted by molar-refractivity contribution is -0.140. The number of nitrogens with one attached hydrogen (secondary N) is 1. The van der Waals surface area contributed by atoms with Gasteiger partial charge in [-0.25, -0.2) is 12.8 Å². The Balaban J connectivity index is 2.42. The number of anilines is 1. The highest BCUT2D eigenvalue weighted by molar-refractivity contribution is 9.10. The molecule has 0 fully saturated rings. The van der Waals surface area contributed by atoms with Crippen LogP contribution >= 0.6 is 15.9 Å². The van der Waals surface area contributed by atoms with E-state index in [1.165, 1.54) is 29.2 Å². The zero-order valence-corrected chi connectivity index (χ0v) is 21.3. The minimum Gasteiger partial charge on any atom is -0.354 e. The summed E-state index contributed by atoms with van der Waals surface area (Å²) < 4.78 is 40.0. The third-order valence-corrected chi connectivity index (χ3v) is 6.80. The Morgan fingerprint density at radius 1 is 1.09 bits per heavy atom. The average molecular weight is 542 g/mol. The predicted molar refractivity (Wildman–Crippen MR) is 131 cm³/mol. The first-order chi connectivity index (χ1) is 15.6. The first kappa shape index (κ1) is 26.8. The normalized spacial score (nSPS) is 12.2. The van der Waals surface area contributed by atoms with Gasteiger partial charge in [-0.1, -0.05) is 38.1 Å². The van der Waals surface area contributed by atoms with Crippen molar-refractivity contribution in [1.82, 2.24) is 10.2 Å². The molecule has 2 amide bonds. The number of benzene rings is 2. The van der Waals surface area contributed by atoms with E-state index in [0.29, 0.717) is 28.7 Å². The zero-order chi connectivity index (χ0) is 24.6. The molecule has 0 saturated heterocycles. The summed E-state index contributed by atoms with van der Waals surface area (Å²) in [5, 5.41) is 2.81. The first-order valence-corrected chi connectivity index (χ1v) is 13.3. The molecule has 0 heterocycles. The fourth-order valence-corrected chi connectivity index (χ4v) is 4.80. The number of carbonyl (C=O) groups excluding carboxylic acids is 2. The molecule has 0 radical (unpaired) electrons. The summed E-state index contributed by atoms with van der Waals surface area (Å²) in [5.41, 5.74) is 0.942. The highest BCUT2D eigenvalue weighted by atomic mass is 79.9. The van der Waals surface area contributed by atoms with Crippen molar-refractivity contribution in [2.75, 3.05) is 23.7 Å². The number of hydrogen-bond acceptors (Lipinski definition) is 4. The second-order valence-corrected chi connectivity index (χ2v) is 10.3. The van der Waals surface area contributed by atoms with Crippen molar-refractivity contribution in [2.45, 2.75) is 39.3 Å². The molecular formula is C23H29BrFN3O4S. The van der Waals surface area contributed by atoms with Gasteiger partial charge in [-0.15, -0.1) is 0 Å². The third kappa shape index (κ3) is 7.53. The van der Waals surface area contributed by atoms with Gasteiger partial charge in [-0.05, 0) is 58.6 Å². The molecule has 2 aromatic rings. The highest BCUT2D eigenvalue weighted by Gasteiger charge is 2.32. The predicted octanol–water partition coefficient (Wildman–Crippen LogP) is 3.69. The van der Waals surface area contributed by atoms with Crippen LogP contribution in [0, 0.1) is 5.82 Å². The van der Waals surface area contributed by atoms with Crippen molar-refractivity contribution >= 4 is 43.5 Å². The Morgan fingerprint density at radius 3 is 2.27 bits per heavy atom. The molecule has 2 rings (SSSR count). The third-order valence-electron chi connectivity index (χ3n) is 5.00. The van der Waals surface area contributed by atoms with Crippen molar-refractivity contribution in [3.05, 3.63) is 64.4 Å². The molecule has 0 aliphatic carbocycles. The molecule has 180 valence electrons. The molecule has 0 spiro atoms. The second kappa shape index (κ2) is 12.1. The van der Waals surface area contributed by atoms with Crippen molar-refractivity contribution in [2.24, 2.45) is 0 Å². The van der Waals surface area contributed by atoms with Gasteiger partial charge in [0.15, 0.2) is 0 Å². The molecule has 10 heteroatoms.